The molecule has 0 aliphatic rings. The van der Waals surface area contributed by atoms with Crippen LogP contribution in [0.2, 0.25) is 0 Å². The molecule has 0 fully saturated rings. The summed E-state index contributed by atoms with van der Waals surface area (Å²) in [5.74, 6) is 0.824. The highest BCUT2D eigenvalue weighted by Gasteiger charge is 2.12. The van der Waals surface area contributed by atoms with E-state index < -0.39 is 0 Å². The maximum atomic E-state index is 5.80. The number of methoxy groups -OCH3 is 1. The maximum absolute atomic E-state index is 5.80. The van der Waals surface area contributed by atoms with Gasteiger partial charge >= 0.3 is 0 Å². The standard InChI is InChI=1S/C19H21N3O/c1-13-7-8-17(9-14(13)2)22-19(11-16(12-20)21-22)15-5-4-6-18(10-15)23-3/h4-11H,12,20H2,1-3H3. The first kappa shape index (κ1) is 15.3. The summed E-state index contributed by atoms with van der Waals surface area (Å²) < 4.78 is 7.28. The summed E-state index contributed by atoms with van der Waals surface area (Å²) in [6, 6.07) is 16.4. The van der Waals surface area contributed by atoms with Crippen LogP contribution in [0.15, 0.2) is 48.5 Å². The maximum Gasteiger partial charge on any atom is 0.119 e. The number of hydrogen-bond acceptors (Lipinski definition) is 3. The molecule has 4 nitrogen and oxygen atoms in total. The molecule has 23 heavy (non-hydrogen) atoms. The van der Waals surface area contributed by atoms with Crippen LogP contribution < -0.4 is 10.5 Å². The number of rotatable bonds is 4. The average Bonchev–Trinajstić information content (AvgIpc) is 3.02. The van der Waals surface area contributed by atoms with Crippen molar-refractivity contribution in [3.63, 3.8) is 0 Å². The van der Waals surface area contributed by atoms with E-state index in [9.17, 15) is 0 Å². The lowest BCUT2D eigenvalue weighted by Gasteiger charge is -2.10. The molecule has 0 aliphatic heterocycles. The highest BCUT2D eigenvalue weighted by atomic mass is 16.5. The zero-order valence-electron chi connectivity index (χ0n) is 13.7. The predicted molar refractivity (Wildman–Crippen MR) is 92.9 cm³/mol. The van der Waals surface area contributed by atoms with E-state index in [0.29, 0.717) is 6.54 Å². The molecule has 2 N–H and O–H groups in total. The highest BCUT2D eigenvalue weighted by Crippen LogP contribution is 2.27. The van der Waals surface area contributed by atoms with Crippen molar-refractivity contribution in [2.75, 3.05) is 7.11 Å². The van der Waals surface area contributed by atoms with Crippen molar-refractivity contribution in [2.24, 2.45) is 5.73 Å². The summed E-state index contributed by atoms with van der Waals surface area (Å²) in [7, 11) is 1.67. The quantitative estimate of drug-likeness (QED) is 0.801. The molecule has 0 unspecified atom stereocenters. The van der Waals surface area contributed by atoms with Gasteiger partial charge in [0.15, 0.2) is 0 Å². The van der Waals surface area contributed by atoms with E-state index in [1.165, 1.54) is 11.1 Å². The molecule has 0 saturated carbocycles. The Kier molecular flexibility index (Phi) is 4.17. The Balaban J connectivity index is 2.16. The monoisotopic (exact) mass is 307 g/mol. The van der Waals surface area contributed by atoms with Crippen LogP contribution in [0.3, 0.4) is 0 Å². The van der Waals surface area contributed by atoms with Crippen molar-refractivity contribution in [1.29, 1.82) is 0 Å². The molecule has 1 aromatic heterocycles. The van der Waals surface area contributed by atoms with Crippen molar-refractivity contribution in [3.8, 4) is 22.7 Å². The van der Waals surface area contributed by atoms with Crippen LogP contribution in [-0.2, 0) is 6.54 Å². The largest absolute Gasteiger partial charge is 0.497 e. The van der Waals surface area contributed by atoms with Gasteiger partial charge in [-0.1, -0.05) is 18.2 Å². The van der Waals surface area contributed by atoms with Crippen molar-refractivity contribution in [2.45, 2.75) is 20.4 Å². The van der Waals surface area contributed by atoms with Gasteiger partial charge in [0.25, 0.3) is 0 Å². The minimum atomic E-state index is 0.412. The van der Waals surface area contributed by atoms with Gasteiger partial charge in [-0.2, -0.15) is 5.10 Å². The molecule has 0 spiro atoms. The van der Waals surface area contributed by atoms with Crippen molar-refractivity contribution in [1.82, 2.24) is 9.78 Å². The van der Waals surface area contributed by atoms with Crippen LogP contribution in [0.25, 0.3) is 16.9 Å². The number of nitrogens with two attached hydrogens (primary N) is 1. The topological polar surface area (TPSA) is 53.1 Å². The number of ether oxygens (including phenoxy) is 1. The second-order valence-electron chi connectivity index (χ2n) is 5.64. The molecule has 0 radical (unpaired) electrons. The normalized spacial score (nSPS) is 10.8. The lowest BCUT2D eigenvalue weighted by atomic mass is 10.1. The molecule has 3 rings (SSSR count). The molecule has 118 valence electrons. The van der Waals surface area contributed by atoms with Crippen LogP contribution in [0.1, 0.15) is 16.8 Å². The van der Waals surface area contributed by atoms with E-state index in [1.807, 2.05) is 28.9 Å². The van der Waals surface area contributed by atoms with Gasteiger partial charge in [0.2, 0.25) is 0 Å². The van der Waals surface area contributed by atoms with E-state index in [-0.39, 0.29) is 0 Å². The predicted octanol–water partition coefficient (Wildman–Crippen LogP) is 3.62. The van der Waals surface area contributed by atoms with Gasteiger partial charge in [0.05, 0.1) is 24.2 Å². The fraction of sp³-hybridized carbons (Fsp3) is 0.211. The lowest BCUT2D eigenvalue weighted by Crippen LogP contribution is -2.02. The van der Waals surface area contributed by atoms with E-state index in [1.54, 1.807) is 7.11 Å². The Bertz CT molecular complexity index is 836. The third-order valence-electron chi connectivity index (χ3n) is 4.07. The summed E-state index contributed by atoms with van der Waals surface area (Å²) in [5, 5.41) is 4.65. The van der Waals surface area contributed by atoms with E-state index >= 15 is 0 Å². The second kappa shape index (κ2) is 6.26. The summed E-state index contributed by atoms with van der Waals surface area (Å²) in [6.07, 6.45) is 0. The Morgan fingerprint density at radius 3 is 2.57 bits per heavy atom. The minimum Gasteiger partial charge on any atom is -0.497 e. The zero-order chi connectivity index (χ0) is 16.4. The molecular formula is C19H21N3O. The molecule has 0 amide bonds. The molecular weight excluding hydrogens is 286 g/mol. The van der Waals surface area contributed by atoms with Crippen LogP contribution in [0, 0.1) is 13.8 Å². The number of aromatic nitrogens is 2. The Morgan fingerprint density at radius 2 is 1.87 bits per heavy atom. The molecule has 3 aromatic rings. The van der Waals surface area contributed by atoms with E-state index in [0.717, 1.165) is 28.4 Å². The molecule has 2 aromatic carbocycles. The van der Waals surface area contributed by atoms with Crippen LogP contribution in [-0.4, -0.2) is 16.9 Å². The first-order chi connectivity index (χ1) is 11.1. The minimum absolute atomic E-state index is 0.412. The molecule has 0 aliphatic carbocycles. The second-order valence-corrected chi connectivity index (χ2v) is 5.64. The summed E-state index contributed by atoms with van der Waals surface area (Å²) in [6.45, 7) is 4.63. The third kappa shape index (κ3) is 2.98. The SMILES string of the molecule is COc1cccc(-c2cc(CN)nn2-c2ccc(C)c(C)c2)c1. The summed E-state index contributed by atoms with van der Waals surface area (Å²) in [5.41, 5.74) is 12.3. The molecule has 0 saturated heterocycles. The molecule has 0 bridgehead atoms. The first-order valence-corrected chi connectivity index (χ1v) is 7.63. The van der Waals surface area contributed by atoms with Crippen molar-refractivity contribution < 1.29 is 4.74 Å². The van der Waals surface area contributed by atoms with Crippen LogP contribution in [0.4, 0.5) is 0 Å². The summed E-state index contributed by atoms with van der Waals surface area (Å²) >= 11 is 0. The van der Waals surface area contributed by atoms with Gasteiger partial charge in [-0.3, -0.25) is 0 Å². The number of benzene rings is 2. The van der Waals surface area contributed by atoms with Crippen LogP contribution >= 0.6 is 0 Å². The van der Waals surface area contributed by atoms with Gasteiger partial charge < -0.3 is 10.5 Å². The fourth-order valence-electron chi connectivity index (χ4n) is 2.57. The average molecular weight is 307 g/mol. The molecule has 4 heteroatoms. The fourth-order valence-corrected chi connectivity index (χ4v) is 2.57. The molecule has 0 atom stereocenters. The third-order valence-corrected chi connectivity index (χ3v) is 4.07. The van der Waals surface area contributed by atoms with Gasteiger partial charge in [0.1, 0.15) is 5.75 Å². The number of hydrogen-bond donors (Lipinski definition) is 1. The van der Waals surface area contributed by atoms with Gasteiger partial charge in [-0.25, -0.2) is 4.68 Å². The van der Waals surface area contributed by atoms with Gasteiger partial charge in [0, 0.05) is 12.1 Å². The Morgan fingerprint density at radius 1 is 1.04 bits per heavy atom. The van der Waals surface area contributed by atoms with E-state index in [4.69, 9.17) is 10.5 Å². The first-order valence-electron chi connectivity index (χ1n) is 7.63. The number of nitrogens with zero attached hydrogens (tertiary/aromatic N) is 2. The zero-order valence-corrected chi connectivity index (χ0v) is 13.7. The van der Waals surface area contributed by atoms with Gasteiger partial charge in [-0.15, -0.1) is 0 Å². The molecule has 1 heterocycles. The number of aryl methyl sites for hydroxylation is 2. The lowest BCUT2D eigenvalue weighted by molar-refractivity contribution is 0.415. The Hall–Kier alpha value is -2.59. The van der Waals surface area contributed by atoms with E-state index in [2.05, 4.69) is 43.2 Å². The Labute approximate surface area is 136 Å². The highest BCUT2D eigenvalue weighted by molar-refractivity contribution is 5.64. The van der Waals surface area contributed by atoms with Crippen molar-refractivity contribution in [3.05, 3.63) is 65.4 Å². The van der Waals surface area contributed by atoms with Crippen molar-refractivity contribution >= 4 is 0 Å². The van der Waals surface area contributed by atoms with Gasteiger partial charge in [-0.05, 0) is 55.3 Å². The smallest absolute Gasteiger partial charge is 0.119 e. The summed E-state index contributed by atoms with van der Waals surface area (Å²) in [4.78, 5) is 0. The van der Waals surface area contributed by atoms with Crippen LogP contribution in [0.5, 0.6) is 5.75 Å².